The highest BCUT2D eigenvalue weighted by atomic mass is 79.9. The van der Waals surface area contributed by atoms with Gasteiger partial charge in [0, 0.05) is 22.3 Å². The predicted molar refractivity (Wildman–Crippen MR) is 87.0 cm³/mol. The van der Waals surface area contributed by atoms with Crippen molar-refractivity contribution in [2.24, 2.45) is 0 Å². The lowest BCUT2D eigenvalue weighted by molar-refractivity contribution is 0.0915. The van der Waals surface area contributed by atoms with Gasteiger partial charge in [0.05, 0.1) is 6.10 Å². The summed E-state index contributed by atoms with van der Waals surface area (Å²) in [5.41, 5.74) is 8.40. The molecule has 4 N–H and O–H groups in total. The Kier molecular flexibility index (Phi) is 4.98. The first-order valence-electron chi connectivity index (χ1n) is 6.56. The molecule has 0 heterocycles. The zero-order chi connectivity index (χ0) is 15.4. The summed E-state index contributed by atoms with van der Waals surface area (Å²) in [4.78, 5) is 12.2. The summed E-state index contributed by atoms with van der Waals surface area (Å²) in [5, 5.41) is 12.8. The van der Waals surface area contributed by atoms with E-state index >= 15 is 0 Å². The number of anilines is 1. The summed E-state index contributed by atoms with van der Waals surface area (Å²) in [7, 11) is 0. The Balaban J connectivity index is 2.06. The monoisotopic (exact) mass is 348 g/mol. The fraction of sp³-hybridized carbons (Fsp3) is 0.188. The number of halogens is 1. The lowest BCUT2D eigenvalue weighted by atomic mass is 10.1. The van der Waals surface area contributed by atoms with Crippen LogP contribution in [0.3, 0.4) is 0 Å². The third-order valence-corrected chi connectivity index (χ3v) is 3.76. The highest BCUT2D eigenvalue weighted by molar-refractivity contribution is 9.10. The van der Waals surface area contributed by atoms with Gasteiger partial charge in [-0.1, -0.05) is 46.3 Å². The van der Waals surface area contributed by atoms with Crippen LogP contribution in [0.15, 0.2) is 46.9 Å². The van der Waals surface area contributed by atoms with Crippen LogP contribution < -0.4 is 11.1 Å². The zero-order valence-electron chi connectivity index (χ0n) is 11.6. The summed E-state index contributed by atoms with van der Waals surface area (Å²) >= 11 is 3.32. The van der Waals surface area contributed by atoms with Gasteiger partial charge in [-0.3, -0.25) is 4.79 Å². The molecule has 110 valence electrons. The number of carbonyl (C=O) groups excluding carboxylic acids is 1. The first-order valence-corrected chi connectivity index (χ1v) is 7.35. The average Bonchev–Trinajstić information content (AvgIpc) is 2.49. The van der Waals surface area contributed by atoms with Crippen LogP contribution in [0.25, 0.3) is 0 Å². The van der Waals surface area contributed by atoms with Gasteiger partial charge in [-0.15, -0.1) is 0 Å². The van der Waals surface area contributed by atoms with E-state index in [-0.39, 0.29) is 12.5 Å². The molecular formula is C16H17BrN2O2. The van der Waals surface area contributed by atoms with E-state index in [4.69, 9.17) is 5.73 Å². The van der Waals surface area contributed by atoms with Crippen molar-refractivity contribution < 1.29 is 9.90 Å². The van der Waals surface area contributed by atoms with Crippen LogP contribution in [-0.2, 0) is 0 Å². The number of aliphatic hydroxyl groups excluding tert-OH is 1. The van der Waals surface area contributed by atoms with E-state index in [9.17, 15) is 9.90 Å². The molecule has 2 aromatic carbocycles. The van der Waals surface area contributed by atoms with Gasteiger partial charge in [0.1, 0.15) is 0 Å². The van der Waals surface area contributed by atoms with Gasteiger partial charge >= 0.3 is 0 Å². The second kappa shape index (κ2) is 6.74. The van der Waals surface area contributed by atoms with E-state index in [1.807, 2.05) is 30.3 Å². The highest BCUT2D eigenvalue weighted by Crippen LogP contribution is 2.22. The Labute approximate surface area is 132 Å². The molecule has 2 aromatic rings. The van der Waals surface area contributed by atoms with Gasteiger partial charge < -0.3 is 16.2 Å². The quantitative estimate of drug-likeness (QED) is 0.743. The third-order valence-electron chi connectivity index (χ3n) is 3.30. The minimum atomic E-state index is -0.736. The molecule has 0 radical (unpaired) electrons. The van der Waals surface area contributed by atoms with Gasteiger partial charge in [0.25, 0.3) is 5.91 Å². The molecule has 1 unspecified atom stereocenters. The maximum Gasteiger partial charge on any atom is 0.251 e. The number of rotatable bonds is 4. The molecule has 21 heavy (non-hydrogen) atoms. The summed E-state index contributed by atoms with van der Waals surface area (Å²) in [5.74, 6) is -0.254. The van der Waals surface area contributed by atoms with Crippen LogP contribution in [0.2, 0.25) is 0 Å². The second-order valence-electron chi connectivity index (χ2n) is 4.80. The summed E-state index contributed by atoms with van der Waals surface area (Å²) in [6.07, 6.45) is -0.736. The molecular weight excluding hydrogens is 332 g/mol. The first-order chi connectivity index (χ1) is 9.99. The number of benzene rings is 2. The Morgan fingerprint density at radius 2 is 2.00 bits per heavy atom. The van der Waals surface area contributed by atoms with Crippen molar-refractivity contribution in [2.75, 3.05) is 12.3 Å². The van der Waals surface area contributed by atoms with Crippen molar-refractivity contribution in [3.8, 4) is 0 Å². The van der Waals surface area contributed by atoms with Gasteiger partial charge in [-0.05, 0) is 30.2 Å². The lowest BCUT2D eigenvalue weighted by Crippen LogP contribution is -2.29. The number of hydrogen-bond donors (Lipinski definition) is 3. The van der Waals surface area contributed by atoms with Gasteiger partial charge in [-0.2, -0.15) is 0 Å². The molecule has 0 saturated carbocycles. The number of amides is 1. The molecule has 5 heteroatoms. The lowest BCUT2D eigenvalue weighted by Gasteiger charge is -2.14. The molecule has 0 aliphatic rings. The fourth-order valence-electron chi connectivity index (χ4n) is 2.01. The van der Waals surface area contributed by atoms with Gasteiger partial charge in [-0.25, -0.2) is 0 Å². The van der Waals surface area contributed by atoms with Crippen molar-refractivity contribution in [3.63, 3.8) is 0 Å². The third kappa shape index (κ3) is 3.83. The molecule has 0 aliphatic carbocycles. The number of nitrogen functional groups attached to an aromatic ring is 1. The molecule has 0 fully saturated rings. The summed E-state index contributed by atoms with van der Waals surface area (Å²) in [6, 6.07) is 12.7. The van der Waals surface area contributed by atoms with Gasteiger partial charge in [0.15, 0.2) is 0 Å². The molecule has 1 atom stereocenters. The van der Waals surface area contributed by atoms with E-state index in [0.717, 1.165) is 15.6 Å². The highest BCUT2D eigenvalue weighted by Gasteiger charge is 2.14. The van der Waals surface area contributed by atoms with E-state index < -0.39 is 6.10 Å². The second-order valence-corrected chi connectivity index (χ2v) is 5.72. The molecule has 0 aliphatic heterocycles. The van der Waals surface area contributed by atoms with Crippen molar-refractivity contribution in [1.82, 2.24) is 5.32 Å². The molecule has 1 amide bonds. The number of nitrogens with one attached hydrogen (secondary N) is 1. The first kappa shape index (κ1) is 15.5. The SMILES string of the molecule is Cc1c(N)cc(Br)cc1C(=O)NCC(O)c1ccccc1. The minimum Gasteiger partial charge on any atom is -0.398 e. The van der Waals surface area contributed by atoms with Crippen LogP contribution in [0.5, 0.6) is 0 Å². The molecule has 0 aromatic heterocycles. The molecule has 0 spiro atoms. The van der Waals surface area contributed by atoms with E-state index in [1.165, 1.54) is 0 Å². The van der Waals surface area contributed by atoms with E-state index in [1.54, 1.807) is 19.1 Å². The normalized spacial score (nSPS) is 12.0. The molecule has 0 saturated heterocycles. The standard InChI is InChI=1S/C16H17BrN2O2/c1-10-13(7-12(17)8-14(10)18)16(21)19-9-15(20)11-5-3-2-4-6-11/h2-8,15,20H,9,18H2,1H3,(H,19,21). The summed E-state index contributed by atoms with van der Waals surface area (Å²) in [6.45, 7) is 1.94. The Hall–Kier alpha value is -1.85. The van der Waals surface area contributed by atoms with Crippen LogP contribution in [0.1, 0.15) is 27.6 Å². The zero-order valence-corrected chi connectivity index (χ0v) is 13.2. The van der Waals surface area contributed by atoms with Crippen LogP contribution >= 0.6 is 15.9 Å². The number of nitrogens with two attached hydrogens (primary N) is 1. The van der Waals surface area contributed by atoms with E-state index in [0.29, 0.717) is 11.3 Å². The van der Waals surface area contributed by atoms with Crippen molar-refractivity contribution in [1.29, 1.82) is 0 Å². The Morgan fingerprint density at radius 3 is 2.67 bits per heavy atom. The van der Waals surface area contributed by atoms with E-state index in [2.05, 4.69) is 21.2 Å². The molecule has 2 rings (SSSR count). The largest absolute Gasteiger partial charge is 0.398 e. The van der Waals surface area contributed by atoms with Crippen molar-refractivity contribution in [2.45, 2.75) is 13.0 Å². The Morgan fingerprint density at radius 1 is 1.33 bits per heavy atom. The Bertz CT molecular complexity index is 644. The number of aliphatic hydroxyl groups is 1. The summed E-state index contributed by atoms with van der Waals surface area (Å²) < 4.78 is 0.749. The molecule has 0 bridgehead atoms. The van der Waals surface area contributed by atoms with Crippen LogP contribution in [0, 0.1) is 6.92 Å². The maximum absolute atomic E-state index is 12.2. The van der Waals surface area contributed by atoms with Crippen molar-refractivity contribution >= 4 is 27.5 Å². The maximum atomic E-state index is 12.2. The van der Waals surface area contributed by atoms with Crippen LogP contribution in [-0.4, -0.2) is 17.6 Å². The fourth-order valence-corrected chi connectivity index (χ4v) is 2.49. The number of carbonyl (C=O) groups is 1. The van der Waals surface area contributed by atoms with Crippen LogP contribution in [0.4, 0.5) is 5.69 Å². The molecule has 4 nitrogen and oxygen atoms in total. The minimum absolute atomic E-state index is 0.148. The topological polar surface area (TPSA) is 75.4 Å². The van der Waals surface area contributed by atoms with Gasteiger partial charge in [0.2, 0.25) is 0 Å². The van der Waals surface area contributed by atoms with Crippen molar-refractivity contribution in [3.05, 3.63) is 63.6 Å². The average molecular weight is 349 g/mol. The number of hydrogen-bond acceptors (Lipinski definition) is 3. The smallest absolute Gasteiger partial charge is 0.251 e. The predicted octanol–water partition coefficient (Wildman–Crippen LogP) is 2.80.